The van der Waals surface area contributed by atoms with Crippen molar-refractivity contribution < 1.29 is 19.8 Å². The lowest BCUT2D eigenvalue weighted by Gasteiger charge is -2.61. The molecule has 0 aromatic carbocycles. The van der Waals surface area contributed by atoms with Crippen molar-refractivity contribution in [3.8, 4) is 0 Å². The van der Waals surface area contributed by atoms with Gasteiger partial charge in [-0.15, -0.1) is 0 Å². The van der Waals surface area contributed by atoms with Crippen molar-refractivity contribution in [2.75, 3.05) is 6.54 Å². The van der Waals surface area contributed by atoms with E-state index in [-0.39, 0.29) is 18.6 Å². The number of rotatable bonds is 6. The maximum Gasteiger partial charge on any atom is 0.322 e. The van der Waals surface area contributed by atoms with Gasteiger partial charge in [0.15, 0.2) is 0 Å². The molecule has 0 spiro atoms. The van der Waals surface area contributed by atoms with E-state index in [2.05, 4.69) is 26.1 Å². The van der Waals surface area contributed by atoms with Crippen LogP contribution in [-0.4, -0.2) is 34.7 Å². The fraction of sp³-hybridized carbons (Fsp3) is 0.923. The van der Waals surface area contributed by atoms with Gasteiger partial charge in [-0.05, 0) is 111 Å². The Bertz CT molecular complexity index is 695. The van der Waals surface area contributed by atoms with Crippen LogP contribution in [0.4, 0.5) is 0 Å². The molecule has 4 fully saturated rings. The molecule has 5 nitrogen and oxygen atoms in total. The summed E-state index contributed by atoms with van der Waals surface area (Å²) in [5, 5.41) is 21.5. The maximum absolute atomic E-state index is 12.0. The zero-order chi connectivity index (χ0) is 22.4. The second-order valence-electron chi connectivity index (χ2n) is 12.0. The average Bonchev–Trinajstić information content (AvgIpc) is 3.08. The van der Waals surface area contributed by atoms with Crippen LogP contribution in [0.3, 0.4) is 0 Å². The summed E-state index contributed by atoms with van der Waals surface area (Å²) < 4.78 is 0. The van der Waals surface area contributed by atoms with E-state index in [9.17, 15) is 14.7 Å². The number of aliphatic carboxylic acids is 1. The number of nitrogens with one attached hydrogen (secondary N) is 1. The molecule has 176 valence electrons. The third-order valence-electron chi connectivity index (χ3n) is 10.7. The average molecular weight is 434 g/mol. The third-order valence-corrected chi connectivity index (χ3v) is 10.7. The first-order valence-electron chi connectivity index (χ1n) is 12.8. The molecule has 4 aliphatic carbocycles. The summed E-state index contributed by atoms with van der Waals surface area (Å²) in [7, 11) is 0. The van der Waals surface area contributed by atoms with Crippen molar-refractivity contribution in [1.29, 1.82) is 0 Å². The number of carbonyl (C=O) groups excluding carboxylic acids is 1. The van der Waals surface area contributed by atoms with E-state index < -0.39 is 5.97 Å². The van der Waals surface area contributed by atoms with Crippen LogP contribution in [0.15, 0.2) is 0 Å². The molecule has 0 radical (unpaired) electrons. The number of fused-ring (bicyclic) bond motifs is 5. The predicted octanol–water partition coefficient (Wildman–Crippen LogP) is 4.62. The summed E-state index contributed by atoms with van der Waals surface area (Å²) in [4.78, 5) is 22.7. The van der Waals surface area contributed by atoms with Gasteiger partial charge >= 0.3 is 5.97 Å². The molecule has 31 heavy (non-hydrogen) atoms. The number of hydrogen-bond acceptors (Lipinski definition) is 3. The van der Waals surface area contributed by atoms with Gasteiger partial charge in [0.1, 0.15) is 6.54 Å². The molecule has 5 heteroatoms. The zero-order valence-corrected chi connectivity index (χ0v) is 19.7. The summed E-state index contributed by atoms with van der Waals surface area (Å²) in [5.41, 5.74) is 0.810. The normalized spacial score (nSPS) is 45.2. The van der Waals surface area contributed by atoms with Gasteiger partial charge in [-0.3, -0.25) is 9.59 Å². The Hall–Kier alpha value is -1.10. The molecule has 4 rings (SSSR count). The molecule has 0 saturated heterocycles. The van der Waals surface area contributed by atoms with E-state index in [1.54, 1.807) is 0 Å². The van der Waals surface area contributed by atoms with Gasteiger partial charge in [-0.2, -0.15) is 0 Å². The Kier molecular flexibility index (Phi) is 6.46. The molecule has 1 amide bonds. The highest BCUT2D eigenvalue weighted by Crippen LogP contribution is 2.68. The van der Waals surface area contributed by atoms with Crippen molar-refractivity contribution >= 4 is 11.9 Å². The Morgan fingerprint density at radius 1 is 1.00 bits per heavy atom. The topological polar surface area (TPSA) is 86.6 Å². The molecule has 0 bridgehead atoms. The molecule has 0 unspecified atom stereocenters. The number of aliphatic hydroxyl groups is 1. The fourth-order valence-corrected chi connectivity index (χ4v) is 9.03. The Morgan fingerprint density at radius 3 is 2.45 bits per heavy atom. The number of carboxylic acid groups (broad SMARTS) is 1. The molecular weight excluding hydrogens is 390 g/mol. The number of aliphatic hydroxyl groups excluding tert-OH is 1. The van der Waals surface area contributed by atoms with Crippen LogP contribution in [0.2, 0.25) is 0 Å². The van der Waals surface area contributed by atoms with E-state index in [1.165, 1.54) is 44.9 Å². The lowest BCUT2D eigenvalue weighted by molar-refractivity contribution is -0.138. The summed E-state index contributed by atoms with van der Waals surface area (Å²) in [6.45, 7) is 7.13. The van der Waals surface area contributed by atoms with Crippen LogP contribution in [0.1, 0.15) is 91.4 Å². The summed E-state index contributed by atoms with van der Waals surface area (Å²) >= 11 is 0. The van der Waals surface area contributed by atoms with Crippen LogP contribution in [0.5, 0.6) is 0 Å². The van der Waals surface area contributed by atoms with Gasteiger partial charge in [0.2, 0.25) is 5.91 Å². The highest BCUT2D eigenvalue weighted by molar-refractivity contribution is 5.81. The maximum atomic E-state index is 12.0. The first-order valence-corrected chi connectivity index (χ1v) is 12.8. The van der Waals surface area contributed by atoms with Crippen molar-refractivity contribution in [2.24, 2.45) is 46.3 Å². The van der Waals surface area contributed by atoms with E-state index in [4.69, 9.17) is 5.11 Å². The summed E-state index contributed by atoms with van der Waals surface area (Å²) in [6.07, 6.45) is 12.3. The predicted molar refractivity (Wildman–Crippen MR) is 120 cm³/mol. The molecule has 4 saturated carbocycles. The third kappa shape index (κ3) is 4.16. The largest absolute Gasteiger partial charge is 0.480 e. The second-order valence-corrected chi connectivity index (χ2v) is 12.0. The lowest BCUT2D eigenvalue weighted by Crippen LogP contribution is -2.54. The molecule has 0 heterocycles. The Labute approximate surface area is 187 Å². The minimum Gasteiger partial charge on any atom is -0.480 e. The highest BCUT2D eigenvalue weighted by atomic mass is 16.4. The zero-order valence-electron chi connectivity index (χ0n) is 19.7. The van der Waals surface area contributed by atoms with Gasteiger partial charge < -0.3 is 15.5 Å². The molecular formula is C26H43NO4. The quantitative estimate of drug-likeness (QED) is 0.570. The molecule has 3 N–H and O–H groups in total. The second kappa shape index (κ2) is 8.68. The molecule has 0 aliphatic heterocycles. The standard InChI is InChI=1S/C26H43NO4/c1-16(4-9-23(29)27-15-24(30)31)20-7-8-21-19-6-5-17-14-18(28)10-12-25(17,2)22(19)11-13-26(20,21)3/h16-22,28H,4-15H2,1-3H3,(H,27,29)(H,30,31)/t16-,17+,18+,19+,20-,21+,22+,25+,26-/m1/s1. The van der Waals surface area contributed by atoms with Crippen molar-refractivity contribution in [1.82, 2.24) is 5.32 Å². The van der Waals surface area contributed by atoms with Gasteiger partial charge in [0.05, 0.1) is 6.10 Å². The summed E-state index contributed by atoms with van der Waals surface area (Å²) in [5.74, 6) is 3.23. The van der Waals surface area contributed by atoms with Gasteiger partial charge in [0, 0.05) is 6.42 Å². The number of carbonyl (C=O) groups is 2. The molecule has 9 atom stereocenters. The minimum absolute atomic E-state index is 0.0760. The van der Waals surface area contributed by atoms with Crippen LogP contribution in [0.25, 0.3) is 0 Å². The lowest BCUT2D eigenvalue weighted by atomic mass is 9.44. The van der Waals surface area contributed by atoms with E-state index in [1.807, 2.05) is 0 Å². The van der Waals surface area contributed by atoms with Gasteiger partial charge in [-0.25, -0.2) is 0 Å². The first kappa shape index (κ1) is 23.1. The van der Waals surface area contributed by atoms with E-state index >= 15 is 0 Å². The summed E-state index contributed by atoms with van der Waals surface area (Å²) in [6, 6.07) is 0. The SMILES string of the molecule is C[C@H](CCC(=O)NCC(=O)O)[C@H]1CC[C@H]2[C@@H]3CC[C@H]4C[C@@H](O)CC[C@]4(C)[C@H]3CC[C@]12C. The number of hydrogen-bond donors (Lipinski definition) is 3. The van der Waals surface area contributed by atoms with Crippen LogP contribution in [-0.2, 0) is 9.59 Å². The Balaban J connectivity index is 1.40. The highest BCUT2D eigenvalue weighted by Gasteiger charge is 2.60. The Morgan fingerprint density at radius 2 is 1.71 bits per heavy atom. The van der Waals surface area contributed by atoms with Crippen LogP contribution < -0.4 is 5.32 Å². The van der Waals surface area contributed by atoms with Gasteiger partial charge in [0.25, 0.3) is 0 Å². The van der Waals surface area contributed by atoms with Crippen LogP contribution >= 0.6 is 0 Å². The van der Waals surface area contributed by atoms with Crippen molar-refractivity contribution in [3.05, 3.63) is 0 Å². The first-order chi connectivity index (χ1) is 14.6. The van der Waals surface area contributed by atoms with Crippen molar-refractivity contribution in [3.63, 3.8) is 0 Å². The van der Waals surface area contributed by atoms with Gasteiger partial charge in [-0.1, -0.05) is 20.8 Å². The fourth-order valence-electron chi connectivity index (χ4n) is 9.03. The van der Waals surface area contributed by atoms with Crippen molar-refractivity contribution in [2.45, 2.75) is 97.5 Å². The number of amides is 1. The van der Waals surface area contributed by atoms with Crippen LogP contribution in [0, 0.1) is 46.3 Å². The molecule has 0 aromatic rings. The molecule has 4 aliphatic rings. The monoisotopic (exact) mass is 433 g/mol. The minimum atomic E-state index is -0.986. The molecule has 0 aromatic heterocycles. The van der Waals surface area contributed by atoms with E-state index in [0.29, 0.717) is 35.0 Å². The number of carboxylic acids is 1. The smallest absolute Gasteiger partial charge is 0.322 e. The van der Waals surface area contributed by atoms with E-state index in [0.717, 1.165) is 37.0 Å².